The summed E-state index contributed by atoms with van der Waals surface area (Å²) in [6.07, 6.45) is 4.21. The lowest BCUT2D eigenvalue weighted by molar-refractivity contribution is 0.513. The van der Waals surface area contributed by atoms with Crippen molar-refractivity contribution in [2.45, 2.75) is 32.7 Å². The molecule has 0 amide bonds. The van der Waals surface area contributed by atoms with Gasteiger partial charge in [0.2, 0.25) is 0 Å². The van der Waals surface area contributed by atoms with Gasteiger partial charge >= 0.3 is 0 Å². The maximum Gasteiger partial charge on any atom is 0.138 e. The summed E-state index contributed by atoms with van der Waals surface area (Å²) in [5.74, 6) is 0. The summed E-state index contributed by atoms with van der Waals surface area (Å²) in [7, 11) is 0. The Labute approximate surface area is 106 Å². The van der Waals surface area contributed by atoms with Crippen molar-refractivity contribution in [3.8, 4) is 0 Å². The van der Waals surface area contributed by atoms with Gasteiger partial charge in [-0.3, -0.25) is 0 Å². The first kappa shape index (κ1) is 11.4. The van der Waals surface area contributed by atoms with Gasteiger partial charge in [-0.1, -0.05) is 0 Å². The molecule has 0 saturated carbocycles. The summed E-state index contributed by atoms with van der Waals surface area (Å²) in [5.41, 5.74) is 10.00. The van der Waals surface area contributed by atoms with Crippen LogP contribution in [0.1, 0.15) is 25.0 Å². The first-order chi connectivity index (χ1) is 8.47. The molecular weight excluding hydrogens is 226 g/mol. The zero-order valence-electron chi connectivity index (χ0n) is 10.9. The minimum atomic E-state index is -0.279. The number of hydrogen-bond donors (Lipinski definition) is 1. The van der Waals surface area contributed by atoms with E-state index < -0.39 is 0 Å². The Hall–Kier alpha value is -1.74. The van der Waals surface area contributed by atoms with Crippen molar-refractivity contribution < 1.29 is 8.83 Å². The van der Waals surface area contributed by atoms with E-state index in [0.717, 1.165) is 39.5 Å². The van der Waals surface area contributed by atoms with Crippen LogP contribution in [0.4, 0.5) is 0 Å². The van der Waals surface area contributed by atoms with Crippen LogP contribution in [0.25, 0.3) is 21.9 Å². The summed E-state index contributed by atoms with van der Waals surface area (Å²) < 4.78 is 11.3. The molecule has 0 spiro atoms. The topological polar surface area (TPSA) is 52.3 Å². The summed E-state index contributed by atoms with van der Waals surface area (Å²) in [5, 5.41) is 2.21. The fourth-order valence-corrected chi connectivity index (χ4v) is 2.55. The van der Waals surface area contributed by atoms with Crippen molar-refractivity contribution >= 4 is 21.9 Å². The molecule has 3 heteroatoms. The highest BCUT2D eigenvalue weighted by Crippen LogP contribution is 2.35. The number of furan rings is 2. The minimum absolute atomic E-state index is 0.279. The second kappa shape index (κ2) is 3.62. The Morgan fingerprint density at radius 1 is 1.06 bits per heavy atom. The zero-order valence-corrected chi connectivity index (χ0v) is 10.9. The fraction of sp³-hybridized carbons (Fsp3) is 0.333. The second-order valence-electron chi connectivity index (χ2n) is 5.60. The van der Waals surface area contributed by atoms with E-state index >= 15 is 0 Å². The van der Waals surface area contributed by atoms with Crippen LogP contribution in [0.5, 0.6) is 0 Å². The molecule has 3 nitrogen and oxygen atoms in total. The molecule has 0 fully saturated rings. The molecule has 0 aliphatic heterocycles. The average Bonchev–Trinajstić information content (AvgIpc) is 2.91. The zero-order chi connectivity index (χ0) is 12.9. The molecule has 2 heterocycles. The van der Waals surface area contributed by atoms with Crippen LogP contribution in [-0.2, 0) is 6.42 Å². The molecule has 0 radical (unpaired) electrons. The number of hydrogen-bond acceptors (Lipinski definition) is 3. The van der Waals surface area contributed by atoms with Crippen LogP contribution >= 0.6 is 0 Å². The van der Waals surface area contributed by atoms with Gasteiger partial charge in [0, 0.05) is 27.4 Å². The second-order valence-corrected chi connectivity index (χ2v) is 5.60. The molecule has 2 N–H and O–H groups in total. The van der Waals surface area contributed by atoms with Gasteiger partial charge in [0.15, 0.2) is 0 Å². The smallest absolute Gasteiger partial charge is 0.138 e. The van der Waals surface area contributed by atoms with Gasteiger partial charge in [0.25, 0.3) is 0 Å². The van der Waals surface area contributed by atoms with Crippen LogP contribution in [0.2, 0.25) is 0 Å². The highest BCUT2D eigenvalue weighted by Gasteiger charge is 2.21. The number of benzene rings is 1. The molecule has 2 aromatic heterocycles. The van der Waals surface area contributed by atoms with E-state index in [2.05, 4.69) is 6.92 Å². The Bertz CT molecular complexity index is 661. The van der Waals surface area contributed by atoms with E-state index in [1.165, 1.54) is 0 Å². The van der Waals surface area contributed by atoms with E-state index in [1.54, 1.807) is 12.5 Å². The Morgan fingerprint density at radius 3 is 2.33 bits per heavy atom. The summed E-state index contributed by atoms with van der Waals surface area (Å²) >= 11 is 0. The molecule has 94 valence electrons. The minimum Gasteiger partial charge on any atom is -0.464 e. The largest absolute Gasteiger partial charge is 0.464 e. The maximum absolute atomic E-state index is 6.15. The molecule has 18 heavy (non-hydrogen) atoms. The van der Waals surface area contributed by atoms with E-state index in [-0.39, 0.29) is 5.54 Å². The fourth-order valence-electron chi connectivity index (χ4n) is 2.55. The van der Waals surface area contributed by atoms with Crippen molar-refractivity contribution in [2.75, 3.05) is 0 Å². The summed E-state index contributed by atoms with van der Waals surface area (Å²) in [4.78, 5) is 0. The third-order valence-electron chi connectivity index (χ3n) is 3.31. The van der Waals surface area contributed by atoms with E-state index in [4.69, 9.17) is 14.6 Å². The Balaban J connectivity index is 2.40. The van der Waals surface area contributed by atoms with E-state index in [0.29, 0.717) is 0 Å². The molecule has 0 saturated heterocycles. The number of fused-ring (bicyclic) bond motifs is 2. The lowest BCUT2D eigenvalue weighted by Gasteiger charge is -2.19. The first-order valence-electron chi connectivity index (χ1n) is 6.12. The number of aryl methyl sites for hydroxylation is 1. The van der Waals surface area contributed by atoms with E-state index in [9.17, 15) is 0 Å². The maximum atomic E-state index is 6.15. The molecule has 3 aromatic rings. The van der Waals surface area contributed by atoms with Crippen molar-refractivity contribution in [3.63, 3.8) is 0 Å². The van der Waals surface area contributed by atoms with Crippen molar-refractivity contribution in [2.24, 2.45) is 5.73 Å². The van der Waals surface area contributed by atoms with Gasteiger partial charge in [0.05, 0.1) is 12.5 Å². The van der Waals surface area contributed by atoms with Crippen molar-refractivity contribution in [3.05, 3.63) is 35.8 Å². The number of rotatable bonds is 2. The van der Waals surface area contributed by atoms with Crippen molar-refractivity contribution in [1.82, 2.24) is 0 Å². The van der Waals surface area contributed by atoms with Crippen LogP contribution in [0.15, 0.2) is 33.5 Å². The van der Waals surface area contributed by atoms with Crippen LogP contribution in [0.3, 0.4) is 0 Å². The molecule has 0 unspecified atom stereocenters. The lowest BCUT2D eigenvalue weighted by atomic mass is 9.91. The Morgan fingerprint density at radius 2 is 1.67 bits per heavy atom. The van der Waals surface area contributed by atoms with Gasteiger partial charge < -0.3 is 14.6 Å². The predicted octanol–water partition coefficient (Wildman–Crippen LogP) is 3.77. The van der Waals surface area contributed by atoms with E-state index in [1.807, 2.05) is 26.0 Å². The van der Waals surface area contributed by atoms with Gasteiger partial charge in [0.1, 0.15) is 11.2 Å². The molecule has 3 rings (SSSR count). The van der Waals surface area contributed by atoms with Crippen LogP contribution in [-0.4, -0.2) is 5.54 Å². The molecular formula is C15H17NO2. The first-order valence-corrected chi connectivity index (χ1v) is 6.12. The van der Waals surface area contributed by atoms with Gasteiger partial charge in [-0.2, -0.15) is 0 Å². The molecule has 0 aliphatic carbocycles. The standard InChI is InChI=1S/C15H17NO2/c1-9-10-4-6-18-14(10)12(8-15(2,3)16)11-5-7-17-13(9)11/h4-7H,8,16H2,1-3H3. The SMILES string of the molecule is Cc1c2ccoc2c(CC(C)(C)N)c2ccoc12. The van der Waals surface area contributed by atoms with Crippen LogP contribution in [0, 0.1) is 6.92 Å². The third kappa shape index (κ3) is 1.63. The molecule has 0 atom stereocenters. The molecule has 1 aromatic carbocycles. The number of nitrogens with two attached hydrogens (primary N) is 1. The summed E-state index contributed by atoms with van der Waals surface area (Å²) in [6.45, 7) is 6.10. The van der Waals surface area contributed by atoms with Gasteiger partial charge in [-0.15, -0.1) is 0 Å². The monoisotopic (exact) mass is 243 g/mol. The van der Waals surface area contributed by atoms with Gasteiger partial charge in [-0.25, -0.2) is 0 Å². The van der Waals surface area contributed by atoms with Crippen molar-refractivity contribution in [1.29, 1.82) is 0 Å². The normalized spacial score (nSPS) is 12.7. The Kier molecular flexibility index (Phi) is 2.29. The molecule has 0 bridgehead atoms. The molecule has 0 aliphatic rings. The van der Waals surface area contributed by atoms with Gasteiger partial charge in [-0.05, 0) is 39.3 Å². The average molecular weight is 243 g/mol. The highest BCUT2D eigenvalue weighted by atomic mass is 16.3. The third-order valence-corrected chi connectivity index (χ3v) is 3.31. The lowest BCUT2D eigenvalue weighted by Crippen LogP contribution is -2.34. The van der Waals surface area contributed by atoms with Crippen LogP contribution < -0.4 is 5.73 Å². The summed E-state index contributed by atoms with van der Waals surface area (Å²) in [6, 6.07) is 3.98. The highest BCUT2D eigenvalue weighted by molar-refractivity contribution is 6.01. The predicted molar refractivity (Wildman–Crippen MR) is 72.7 cm³/mol. The quantitative estimate of drug-likeness (QED) is 0.745.